The number of aliphatic hydroxyl groups excluding tert-OH is 1. The Morgan fingerprint density at radius 2 is 2.24 bits per heavy atom. The van der Waals surface area contributed by atoms with Gasteiger partial charge in [-0.1, -0.05) is 35.8 Å². The molecule has 2 N–H and O–H groups in total. The molecule has 2 nitrogen and oxygen atoms in total. The fourth-order valence-electron chi connectivity index (χ4n) is 1.41. The van der Waals surface area contributed by atoms with Crippen molar-refractivity contribution < 1.29 is 5.11 Å². The molecular weight excluding hydrogens is 298 g/mol. The van der Waals surface area contributed by atoms with E-state index in [1.54, 1.807) is 11.8 Å². The number of benzene rings is 1. The molecule has 0 aromatic heterocycles. The molecule has 96 valence electrons. The first-order valence-electron chi connectivity index (χ1n) is 5.94. The summed E-state index contributed by atoms with van der Waals surface area (Å²) in [5, 5.41) is 12.6. The second-order valence-electron chi connectivity index (χ2n) is 4.04. The summed E-state index contributed by atoms with van der Waals surface area (Å²) in [4.78, 5) is 1.19. The van der Waals surface area contributed by atoms with E-state index in [1.807, 2.05) is 6.92 Å². The van der Waals surface area contributed by atoms with Gasteiger partial charge < -0.3 is 10.4 Å². The molecule has 1 aromatic carbocycles. The molecule has 1 unspecified atom stereocenters. The molecule has 0 saturated carbocycles. The first-order chi connectivity index (χ1) is 8.17. The molecule has 0 saturated heterocycles. The summed E-state index contributed by atoms with van der Waals surface area (Å²) in [7, 11) is 0. The minimum atomic E-state index is 0.210. The lowest BCUT2D eigenvalue weighted by atomic mass is 10.2. The van der Waals surface area contributed by atoms with Crippen molar-refractivity contribution in [3.63, 3.8) is 0 Å². The predicted molar refractivity (Wildman–Crippen MR) is 78.5 cm³/mol. The van der Waals surface area contributed by atoms with Gasteiger partial charge in [0.1, 0.15) is 0 Å². The molecule has 1 aromatic rings. The van der Waals surface area contributed by atoms with Crippen LogP contribution in [-0.4, -0.2) is 23.5 Å². The minimum absolute atomic E-state index is 0.210. The second kappa shape index (κ2) is 8.14. The molecule has 17 heavy (non-hydrogen) atoms. The predicted octanol–water partition coefficient (Wildman–Crippen LogP) is 3.42. The monoisotopic (exact) mass is 317 g/mol. The zero-order chi connectivity index (χ0) is 12.7. The van der Waals surface area contributed by atoms with Gasteiger partial charge in [-0.3, -0.25) is 0 Å². The van der Waals surface area contributed by atoms with Crippen molar-refractivity contribution >= 4 is 27.7 Å². The summed E-state index contributed by atoms with van der Waals surface area (Å²) in [5.41, 5.74) is 1.28. The molecule has 0 fully saturated rings. The van der Waals surface area contributed by atoms with Crippen molar-refractivity contribution in [2.24, 2.45) is 0 Å². The fraction of sp³-hybridized carbons (Fsp3) is 0.538. The van der Waals surface area contributed by atoms with Crippen LogP contribution >= 0.6 is 27.7 Å². The first-order valence-corrected chi connectivity index (χ1v) is 7.61. The highest BCUT2D eigenvalue weighted by Crippen LogP contribution is 2.28. The molecule has 0 spiro atoms. The molecule has 0 aliphatic rings. The minimum Gasteiger partial charge on any atom is -0.395 e. The smallest absolute Gasteiger partial charge is 0.0550 e. The highest BCUT2D eigenvalue weighted by atomic mass is 79.9. The van der Waals surface area contributed by atoms with Crippen LogP contribution in [0.25, 0.3) is 0 Å². The lowest BCUT2D eigenvalue weighted by Gasteiger charge is -2.10. The topological polar surface area (TPSA) is 32.3 Å². The maximum absolute atomic E-state index is 9.02. The number of halogens is 1. The van der Waals surface area contributed by atoms with E-state index in [-0.39, 0.29) is 11.9 Å². The van der Waals surface area contributed by atoms with Gasteiger partial charge >= 0.3 is 0 Å². The summed E-state index contributed by atoms with van der Waals surface area (Å²) in [5.74, 6) is 0. The third-order valence-corrected chi connectivity index (χ3v) is 4.18. The van der Waals surface area contributed by atoms with Crippen molar-refractivity contribution in [2.75, 3.05) is 13.2 Å². The maximum atomic E-state index is 9.02. The van der Waals surface area contributed by atoms with E-state index in [1.165, 1.54) is 10.5 Å². The zero-order valence-corrected chi connectivity index (χ0v) is 12.8. The van der Waals surface area contributed by atoms with Gasteiger partial charge in [-0.25, -0.2) is 0 Å². The molecule has 0 amide bonds. The maximum Gasteiger partial charge on any atom is 0.0550 e. The Labute approximate surface area is 116 Å². The second-order valence-corrected chi connectivity index (χ2v) is 6.41. The van der Waals surface area contributed by atoms with Crippen molar-refractivity contribution in [1.82, 2.24) is 5.32 Å². The van der Waals surface area contributed by atoms with Gasteiger partial charge in [0.2, 0.25) is 0 Å². The quantitative estimate of drug-likeness (QED) is 0.597. The normalized spacial score (nSPS) is 12.7. The summed E-state index contributed by atoms with van der Waals surface area (Å²) in [6, 6.07) is 6.38. The number of rotatable bonds is 7. The van der Waals surface area contributed by atoms with Crippen LogP contribution in [0, 0.1) is 0 Å². The molecule has 1 rings (SSSR count). The number of hydrogen-bond donors (Lipinski definition) is 2. The van der Waals surface area contributed by atoms with Gasteiger partial charge in [-0.05, 0) is 30.7 Å². The summed E-state index contributed by atoms with van der Waals surface area (Å²) in [6.07, 6.45) is 1.15. The summed E-state index contributed by atoms with van der Waals surface area (Å²) in [6.45, 7) is 6.34. The van der Waals surface area contributed by atoms with Crippen LogP contribution in [0.3, 0.4) is 0 Å². The van der Waals surface area contributed by atoms with Crippen molar-refractivity contribution in [3.05, 3.63) is 28.2 Å². The van der Waals surface area contributed by atoms with E-state index >= 15 is 0 Å². The van der Waals surface area contributed by atoms with Gasteiger partial charge in [0.05, 0.1) is 6.61 Å². The van der Waals surface area contributed by atoms with E-state index in [2.05, 4.69) is 46.4 Å². The molecule has 0 aliphatic heterocycles. The van der Waals surface area contributed by atoms with Gasteiger partial charge in [0, 0.05) is 21.2 Å². The van der Waals surface area contributed by atoms with E-state index in [0.29, 0.717) is 0 Å². The lowest BCUT2D eigenvalue weighted by Crippen LogP contribution is -2.14. The van der Waals surface area contributed by atoms with Crippen LogP contribution in [0.1, 0.15) is 25.8 Å². The van der Waals surface area contributed by atoms with Crippen LogP contribution in [0.4, 0.5) is 0 Å². The highest BCUT2D eigenvalue weighted by molar-refractivity contribution is 9.10. The van der Waals surface area contributed by atoms with Crippen molar-refractivity contribution in [1.29, 1.82) is 0 Å². The Kier molecular flexibility index (Phi) is 7.19. The van der Waals surface area contributed by atoms with Crippen LogP contribution < -0.4 is 5.32 Å². The van der Waals surface area contributed by atoms with E-state index < -0.39 is 0 Å². The zero-order valence-electron chi connectivity index (χ0n) is 10.4. The Morgan fingerprint density at radius 3 is 2.82 bits per heavy atom. The van der Waals surface area contributed by atoms with Gasteiger partial charge in [0.15, 0.2) is 0 Å². The highest BCUT2D eigenvalue weighted by Gasteiger charge is 2.05. The Hall–Kier alpha value is -0.0300. The number of aliphatic hydroxyl groups is 1. The standard InChI is InChI=1S/C13H20BrNOS/c1-3-6-15-8-11-4-5-12(7-13(11)14)17-10(2)9-16/h4-5,7,10,15-16H,3,6,8-9H2,1-2H3. The molecule has 1 atom stereocenters. The van der Waals surface area contributed by atoms with Gasteiger partial charge in [-0.15, -0.1) is 11.8 Å². The number of thioether (sulfide) groups is 1. The van der Waals surface area contributed by atoms with E-state index in [0.717, 1.165) is 24.0 Å². The number of nitrogens with one attached hydrogen (secondary N) is 1. The molecular formula is C13H20BrNOS. The average Bonchev–Trinajstić information content (AvgIpc) is 2.32. The number of hydrogen-bond acceptors (Lipinski definition) is 3. The molecule has 0 heterocycles. The van der Waals surface area contributed by atoms with Gasteiger partial charge in [-0.2, -0.15) is 0 Å². The third-order valence-electron chi connectivity index (χ3n) is 2.36. The third kappa shape index (κ3) is 5.42. The van der Waals surface area contributed by atoms with Crippen LogP contribution in [0.2, 0.25) is 0 Å². The molecule has 0 radical (unpaired) electrons. The van der Waals surface area contributed by atoms with Gasteiger partial charge in [0.25, 0.3) is 0 Å². The molecule has 0 aliphatic carbocycles. The van der Waals surface area contributed by atoms with Crippen LogP contribution in [-0.2, 0) is 6.54 Å². The van der Waals surface area contributed by atoms with Crippen LogP contribution in [0.15, 0.2) is 27.6 Å². The fourth-order valence-corrected chi connectivity index (χ4v) is 2.96. The Balaban J connectivity index is 2.59. The summed E-state index contributed by atoms with van der Waals surface area (Å²) < 4.78 is 1.14. The van der Waals surface area contributed by atoms with E-state index in [4.69, 9.17) is 5.11 Å². The Bertz CT molecular complexity index is 346. The van der Waals surface area contributed by atoms with E-state index in [9.17, 15) is 0 Å². The molecule has 0 bridgehead atoms. The van der Waals surface area contributed by atoms with Crippen LogP contribution in [0.5, 0.6) is 0 Å². The van der Waals surface area contributed by atoms with Crippen molar-refractivity contribution in [3.8, 4) is 0 Å². The first kappa shape index (κ1) is 15.0. The lowest BCUT2D eigenvalue weighted by molar-refractivity contribution is 0.300. The van der Waals surface area contributed by atoms with Crippen molar-refractivity contribution in [2.45, 2.75) is 37.0 Å². The Morgan fingerprint density at radius 1 is 1.47 bits per heavy atom. The average molecular weight is 318 g/mol. The SMILES string of the molecule is CCCNCc1ccc(SC(C)CO)cc1Br. The summed E-state index contributed by atoms with van der Waals surface area (Å²) >= 11 is 5.29. The molecule has 4 heteroatoms. The largest absolute Gasteiger partial charge is 0.395 e.